The molecule has 0 saturated carbocycles. The van der Waals surface area contributed by atoms with E-state index in [0.29, 0.717) is 12.0 Å². The first-order chi connectivity index (χ1) is 8.60. The molecule has 1 aromatic heterocycles. The van der Waals surface area contributed by atoms with Gasteiger partial charge in [0.15, 0.2) is 0 Å². The van der Waals surface area contributed by atoms with E-state index < -0.39 is 0 Å². The standard InChI is InChI=1S/C13H22N4O/c1-10(2)17-7-4-12(14-17)9-16-6-5-13(15-18)11(3)8-16/h4,7,10-11,18H,5-6,8-9H2,1-3H3/b15-13-. The summed E-state index contributed by atoms with van der Waals surface area (Å²) < 4.78 is 1.99. The Hall–Kier alpha value is -1.36. The van der Waals surface area contributed by atoms with Crippen LogP contribution in [0.15, 0.2) is 17.4 Å². The molecule has 1 fully saturated rings. The van der Waals surface area contributed by atoms with Gasteiger partial charge in [0, 0.05) is 44.2 Å². The van der Waals surface area contributed by atoms with E-state index in [-0.39, 0.29) is 0 Å². The summed E-state index contributed by atoms with van der Waals surface area (Å²) in [6, 6.07) is 2.49. The van der Waals surface area contributed by atoms with E-state index in [2.05, 4.69) is 42.0 Å². The highest BCUT2D eigenvalue weighted by atomic mass is 16.4. The van der Waals surface area contributed by atoms with Gasteiger partial charge in [-0.05, 0) is 19.9 Å². The molecule has 0 radical (unpaired) electrons. The van der Waals surface area contributed by atoms with Crippen LogP contribution in [0.2, 0.25) is 0 Å². The van der Waals surface area contributed by atoms with Crippen molar-refractivity contribution in [1.29, 1.82) is 0 Å². The van der Waals surface area contributed by atoms with Crippen molar-refractivity contribution in [2.24, 2.45) is 11.1 Å². The monoisotopic (exact) mass is 250 g/mol. The maximum absolute atomic E-state index is 8.86. The van der Waals surface area contributed by atoms with Gasteiger partial charge in [-0.2, -0.15) is 5.10 Å². The summed E-state index contributed by atoms with van der Waals surface area (Å²) in [5.41, 5.74) is 2.03. The van der Waals surface area contributed by atoms with Gasteiger partial charge in [-0.25, -0.2) is 0 Å². The first-order valence-electron chi connectivity index (χ1n) is 6.57. The van der Waals surface area contributed by atoms with Crippen molar-refractivity contribution in [2.45, 2.75) is 39.8 Å². The van der Waals surface area contributed by atoms with Crippen LogP contribution in [0.5, 0.6) is 0 Å². The lowest BCUT2D eigenvalue weighted by atomic mass is 9.97. The summed E-state index contributed by atoms with van der Waals surface area (Å²) in [7, 11) is 0. The normalized spacial score (nSPS) is 24.0. The SMILES string of the molecule is CC1CN(Cc2ccn(C(C)C)n2)CC/C1=N/O. The maximum atomic E-state index is 8.86. The van der Waals surface area contributed by atoms with Gasteiger partial charge in [-0.15, -0.1) is 0 Å². The molecular weight excluding hydrogens is 228 g/mol. The molecule has 1 N–H and O–H groups in total. The minimum atomic E-state index is 0.330. The maximum Gasteiger partial charge on any atom is 0.0764 e. The number of oxime groups is 1. The van der Waals surface area contributed by atoms with E-state index in [9.17, 15) is 0 Å². The lowest BCUT2D eigenvalue weighted by Crippen LogP contribution is -2.39. The lowest BCUT2D eigenvalue weighted by Gasteiger charge is -2.30. The molecule has 2 rings (SSSR count). The molecule has 18 heavy (non-hydrogen) atoms. The van der Waals surface area contributed by atoms with Gasteiger partial charge in [-0.3, -0.25) is 9.58 Å². The summed E-state index contributed by atoms with van der Waals surface area (Å²) in [6.07, 6.45) is 2.89. The minimum Gasteiger partial charge on any atom is -0.411 e. The third kappa shape index (κ3) is 2.90. The van der Waals surface area contributed by atoms with Gasteiger partial charge >= 0.3 is 0 Å². The van der Waals surface area contributed by atoms with Gasteiger partial charge in [-0.1, -0.05) is 12.1 Å². The third-order valence-electron chi connectivity index (χ3n) is 3.49. The van der Waals surface area contributed by atoms with E-state index in [1.54, 1.807) is 0 Å². The highest BCUT2D eigenvalue weighted by molar-refractivity contribution is 5.86. The van der Waals surface area contributed by atoms with Gasteiger partial charge < -0.3 is 5.21 Å². The van der Waals surface area contributed by atoms with Crippen LogP contribution in [0.3, 0.4) is 0 Å². The van der Waals surface area contributed by atoms with Crippen LogP contribution < -0.4 is 0 Å². The Kier molecular flexibility index (Phi) is 4.01. The fourth-order valence-electron chi connectivity index (χ4n) is 2.37. The van der Waals surface area contributed by atoms with E-state index in [1.165, 1.54) is 0 Å². The molecule has 1 unspecified atom stereocenters. The van der Waals surface area contributed by atoms with Crippen molar-refractivity contribution in [2.75, 3.05) is 13.1 Å². The van der Waals surface area contributed by atoms with Crippen molar-refractivity contribution in [1.82, 2.24) is 14.7 Å². The average Bonchev–Trinajstić information content (AvgIpc) is 2.78. The predicted molar refractivity (Wildman–Crippen MR) is 70.9 cm³/mol. The molecule has 0 bridgehead atoms. The minimum absolute atomic E-state index is 0.330. The van der Waals surface area contributed by atoms with E-state index in [1.807, 2.05) is 10.9 Å². The van der Waals surface area contributed by atoms with Gasteiger partial charge in [0.25, 0.3) is 0 Å². The molecule has 100 valence electrons. The number of aromatic nitrogens is 2. The van der Waals surface area contributed by atoms with Crippen molar-refractivity contribution < 1.29 is 5.21 Å². The smallest absolute Gasteiger partial charge is 0.0764 e. The van der Waals surface area contributed by atoms with E-state index in [4.69, 9.17) is 5.21 Å². The Bertz CT molecular complexity index is 424. The van der Waals surface area contributed by atoms with Crippen LogP contribution in [0.1, 0.15) is 38.9 Å². The molecule has 5 heteroatoms. The van der Waals surface area contributed by atoms with E-state index >= 15 is 0 Å². The molecule has 1 aliphatic heterocycles. The molecule has 0 spiro atoms. The van der Waals surface area contributed by atoms with Crippen LogP contribution in [0.4, 0.5) is 0 Å². The fraction of sp³-hybridized carbons (Fsp3) is 0.692. The molecule has 1 saturated heterocycles. The molecule has 2 heterocycles. The molecule has 0 aliphatic carbocycles. The number of piperidine rings is 1. The zero-order valence-electron chi connectivity index (χ0n) is 11.4. The molecule has 1 aliphatic rings. The van der Waals surface area contributed by atoms with Crippen LogP contribution in [0, 0.1) is 5.92 Å². The second-order valence-electron chi connectivity index (χ2n) is 5.36. The zero-order chi connectivity index (χ0) is 13.1. The molecule has 0 amide bonds. The average molecular weight is 250 g/mol. The highest BCUT2D eigenvalue weighted by Crippen LogP contribution is 2.16. The van der Waals surface area contributed by atoms with E-state index in [0.717, 1.165) is 37.5 Å². The summed E-state index contributed by atoms with van der Waals surface area (Å²) >= 11 is 0. The van der Waals surface area contributed by atoms with Crippen molar-refractivity contribution in [3.63, 3.8) is 0 Å². The molecule has 1 atom stereocenters. The number of hydrogen-bond donors (Lipinski definition) is 1. The summed E-state index contributed by atoms with van der Waals surface area (Å²) in [4.78, 5) is 2.37. The lowest BCUT2D eigenvalue weighted by molar-refractivity contribution is 0.225. The van der Waals surface area contributed by atoms with Crippen LogP contribution in [-0.2, 0) is 6.54 Å². The second-order valence-corrected chi connectivity index (χ2v) is 5.36. The number of likely N-dealkylation sites (tertiary alicyclic amines) is 1. The Labute approximate surface area is 108 Å². The molecule has 0 aromatic carbocycles. The van der Waals surface area contributed by atoms with Crippen molar-refractivity contribution in [3.05, 3.63) is 18.0 Å². The predicted octanol–water partition coefficient (Wildman–Crippen LogP) is 2.14. The Morgan fingerprint density at radius 1 is 1.56 bits per heavy atom. The summed E-state index contributed by atoms with van der Waals surface area (Å²) in [5.74, 6) is 0.330. The largest absolute Gasteiger partial charge is 0.411 e. The van der Waals surface area contributed by atoms with Crippen LogP contribution >= 0.6 is 0 Å². The van der Waals surface area contributed by atoms with Gasteiger partial charge in [0.1, 0.15) is 0 Å². The Morgan fingerprint density at radius 3 is 2.89 bits per heavy atom. The van der Waals surface area contributed by atoms with Crippen molar-refractivity contribution >= 4 is 5.71 Å². The quantitative estimate of drug-likeness (QED) is 0.660. The Balaban J connectivity index is 1.94. The zero-order valence-corrected chi connectivity index (χ0v) is 11.4. The highest BCUT2D eigenvalue weighted by Gasteiger charge is 2.22. The van der Waals surface area contributed by atoms with Gasteiger partial charge in [0.05, 0.1) is 11.4 Å². The first kappa shape index (κ1) is 13.1. The summed E-state index contributed by atoms with van der Waals surface area (Å²) in [5, 5.41) is 16.8. The number of nitrogens with zero attached hydrogens (tertiary/aromatic N) is 4. The van der Waals surface area contributed by atoms with Crippen LogP contribution in [-0.4, -0.2) is 38.7 Å². The van der Waals surface area contributed by atoms with Crippen molar-refractivity contribution in [3.8, 4) is 0 Å². The topological polar surface area (TPSA) is 53.7 Å². The first-order valence-corrected chi connectivity index (χ1v) is 6.57. The van der Waals surface area contributed by atoms with Gasteiger partial charge in [0.2, 0.25) is 0 Å². The number of hydrogen-bond acceptors (Lipinski definition) is 4. The fourth-order valence-corrected chi connectivity index (χ4v) is 2.37. The van der Waals surface area contributed by atoms with Crippen LogP contribution in [0.25, 0.3) is 0 Å². The molecule has 1 aromatic rings. The number of rotatable bonds is 3. The third-order valence-corrected chi connectivity index (χ3v) is 3.49. The summed E-state index contributed by atoms with van der Waals surface area (Å²) in [6.45, 7) is 9.12. The Morgan fingerprint density at radius 2 is 2.33 bits per heavy atom. The molecule has 5 nitrogen and oxygen atoms in total. The molecular formula is C13H22N4O. The second kappa shape index (κ2) is 5.52.